The fourth-order valence-corrected chi connectivity index (χ4v) is 3.18. The first kappa shape index (κ1) is 17.9. The molecular formula is C18H28N2O3. The summed E-state index contributed by atoms with van der Waals surface area (Å²) in [5.74, 6) is 0.114. The Morgan fingerprint density at radius 2 is 1.96 bits per heavy atom. The van der Waals surface area contributed by atoms with E-state index in [1.807, 2.05) is 12.1 Å². The van der Waals surface area contributed by atoms with Gasteiger partial charge in [-0.1, -0.05) is 24.3 Å². The molecule has 0 unspecified atom stereocenters. The lowest BCUT2D eigenvalue weighted by Crippen LogP contribution is -2.49. The molecule has 2 N–H and O–H groups in total. The van der Waals surface area contributed by atoms with Crippen molar-refractivity contribution in [1.29, 1.82) is 0 Å². The fraction of sp³-hybridized carbons (Fsp3) is 0.611. The van der Waals surface area contributed by atoms with Crippen molar-refractivity contribution in [2.24, 2.45) is 0 Å². The van der Waals surface area contributed by atoms with Gasteiger partial charge >= 0.3 is 0 Å². The summed E-state index contributed by atoms with van der Waals surface area (Å²) in [5, 5.41) is 6.34. The molecular weight excluding hydrogens is 292 g/mol. The van der Waals surface area contributed by atoms with Gasteiger partial charge in [0.15, 0.2) is 0 Å². The van der Waals surface area contributed by atoms with Gasteiger partial charge in [0.25, 0.3) is 0 Å². The van der Waals surface area contributed by atoms with Crippen molar-refractivity contribution >= 4 is 5.91 Å². The lowest BCUT2D eigenvalue weighted by Gasteiger charge is -2.37. The third-order valence-corrected chi connectivity index (χ3v) is 4.51. The maximum atomic E-state index is 12.9. The number of carbonyl (C=O) groups excluding carboxylic acids is 1. The topological polar surface area (TPSA) is 59.6 Å². The zero-order valence-corrected chi connectivity index (χ0v) is 14.2. The van der Waals surface area contributed by atoms with E-state index < -0.39 is 5.41 Å². The molecule has 1 aromatic rings. The molecule has 5 nitrogen and oxygen atoms in total. The number of aryl methyl sites for hydroxylation is 1. The SMILES string of the molecule is COCCNCCNC(=O)C1(c2ccccc2C)CCOCC1. The lowest BCUT2D eigenvalue weighted by molar-refractivity contribution is -0.130. The molecule has 0 radical (unpaired) electrons. The molecule has 5 heteroatoms. The average Bonchev–Trinajstić information content (AvgIpc) is 2.59. The van der Waals surface area contributed by atoms with E-state index in [2.05, 4.69) is 29.7 Å². The van der Waals surface area contributed by atoms with Crippen LogP contribution in [0.2, 0.25) is 0 Å². The van der Waals surface area contributed by atoms with Gasteiger partial charge in [-0.3, -0.25) is 4.79 Å². The van der Waals surface area contributed by atoms with Crippen LogP contribution in [0.25, 0.3) is 0 Å². The number of benzene rings is 1. The number of carbonyl (C=O) groups is 1. The zero-order chi connectivity index (χ0) is 16.5. The highest BCUT2D eigenvalue weighted by molar-refractivity contribution is 5.88. The van der Waals surface area contributed by atoms with E-state index in [0.717, 1.165) is 31.5 Å². The van der Waals surface area contributed by atoms with Crippen LogP contribution in [0.3, 0.4) is 0 Å². The van der Waals surface area contributed by atoms with Gasteiger partial charge in [0.1, 0.15) is 0 Å². The van der Waals surface area contributed by atoms with Crippen molar-refractivity contribution in [2.45, 2.75) is 25.2 Å². The third-order valence-electron chi connectivity index (χ3n) is 4.51. The van der Waals surface area contributed by atoms with Crippen LogP contribution in [-0.2, 0) is 19.7 Å². The van der Waals surface area contributed by atoms with Gasteiger partial charge in [0.2, 0.25) is 5.91 Å². The largest absolute Gasteiger partial charge is 0.383 e. The predicted molar refractivity (Wildman–Crippen MR) is 90.7 cm³/mol. The Hall–Kier alpha value is -1.43. The monoisotopic (exact) mass is 320 g/mol. The smallest absolute Gasteiger partial charge is 0.230 e. The molecule has 1 aliphatic heterocycles. The minimum absolute atomic E-state index is 0.114. The van der Waals surface area contributed by atoms with Crippen LogP contribution >= 0.6 is 0 Å². The number of nitrogens with one attached hydrogen (secondary N) is 2. The molecule has 1 saturated heterocycles. The number of ether oxygens (including phenoxy) is 2. The van der Waals surface area contributed by atoms with Crippen LogP contribution in [-0.4, -0.2) is 52.5 Å². The van der Waals surface area contributed by atoms with Crippen molar-refractivity contribution in [2.75, 3.05) is 46.6 Å². The highest BCUT2D eigenvalue weighted by Gasteiger charge is 2.42. The van der Waals surface area contributed by atoms with E-state index in [-0.39, 0.29) is 5.91 Å². The summed E-state index contributed by atoms with van der Waals surface area (Å²) in [6.45, 7) is 6.18. The normalized spacial score (nSPS) is 17.0. The first-order valence-electron chi connectivity index (χ1n) is 8.32. The van der Waals surface area contributed by atoms with Crippen LogP contribution in [0.5, 0.6) is 0 Å². The van der Waals surface area contributed by atoms with Crippen LogP contribution in [0, 0.1) is 6.92 Å². The lowest BCUT2D eigenvalue weighted by atomic mass is 9.72. The minimum Gasteiger partial charge on any atom is -0.383 e. The van der Waals surface area contributed by atoms with E-state index in [4.69, 9.17) is 9.47 Å². The quantitative estimate of drug-likeness (QED) is 0.711. The minimum atomic E-state index is -0.462. The molecule has 1 heterocycles. The molecule has 1 amide bonds. The molecule has 0 aliphatic carbocycles. The van der Waals surface area contributed by atoms with Gasteiger partial charge in [0.05, 0.1) is 12.0 Å². The van der Waals surface area contributed by atoms with Gasteiger partial charge in [-0.05, 0) is 30.9 Å². The van der Waals surface area contributed by atoms with Crippen molar-refractivity contribution in [3.63, 3.8) is 0 Å². The zero-order valence-electron chi connectivity index (χ0n) is 14.2. The predicted octanol–water partition coefficient (Wildman–Crippen LogP) is 1.40. The fourth-order valence-electron chi connectivity index (χ4n) is 3.18. The average molecular weight is 320 g/mol. The van der Waals surface area contributed by atoms with E-state index in [1.165, 1.54) is 5.56 Å². The van der Waals surface area contributed by atoms with Gasteiger partial charge in [0, 0.05) is 40.0 Å². The Bertz CT molecular complexity index is 499. The number of hydrogen-bond acceptors (Lipinski definition) is 4. The second kappa shape index (κ2) is 9.01. The number of methoxy groups -OCH3 is 1. The molecule has 0 spiro atoms. The molecule has 0 atom stereocenters. The third kappa shape index (κ3) is 4.53. The number of rotatable bonds is 8. The first-order chi connectivity index (χ1) is 11.2. The van der Waals surface area contributed by atoms with Crippen LogP contribution in [0.1, 0.15) is 24.0 Å². The highest BCUT2D eigenvalue weighted by Crippen LogP contribution is 2.36. The maximum Gasteiger partial charge on any atom is 0.230 e. The Morgan fingerprint density at radius 1 is 1.22 bits per heavy atom. The summed E-state index contributed by atoms with van der Waals surface area (Å²) in [4.78, 5) is 12.9. The molecule has 23 heavy (non-hydrogen) atoms. The second-order valence-electron chi connectivity index (χ2n) is 6.01. The van der Waals surface area contributed by atoms with Crippen LogP contribution in [0.15, 0.2) is 24.3 Å². The number of amides is 1. The molecule has 0 aromatic heterocycles. The summed E-state index contributed by atoms with van der Waals surface area (Å²) >= 11 is 0. The first-order valence-corrected chi connectivity index (χ1v) is 8.32. The summed E-state index contributed by atoms with van der Waals surface area (Å²) in [6.07, 6.45) is 1.47. The standard InChI is InChI=1S/C18H28N2O3/c1-15-5-3-4-6-16(15)18(7-12-23-13-8-18)17(21)20-10-9-19-11-14-22-2/h3-6,19H,7-14H2,1-2H3,(H,20,21). The molecule has 1 aliphatic rings. The van der Waals surface area contributed by atoms with E-state index in [1.54, 1.807) is 7.11 Å². The van der Waals surface area contributed by atoms with E-state index >= 15 is 0 Å². The molecule has 128 valence electrons. The summed E-state index contributed by atoms with van der Waals surface area (Å²) in [7, 11) is 1.68. The van der Waals surface area contributed by atoms with Crippen LogP contribution in [0.4, 0.5) is 0 Å². The van der Waals surface area contributed by atoms with Crippen molar-refractivity contribution in [1.82, 2.24) is 10.6 Å². The Kier molecular flexibility index (Phi) is 7.02. The van der Waals surface area contributed by atoms with Crippen molar-refractivity contribution < 1.29 is 14.3 Å². The Morgan fingerprint density at radius 3 is 2.65 bits per heavy atom. The van der Waals surface area contributed by atoms with E-state index in [9.17, 15) is 4.79 Å². The van der Waals surface area contributed by atoms with Crippen molar-refractivity contribution in [3.05, 3.63) is 35.4 Å². The van der Waals surface area contributed by atoms with E-state index in [0.29, 0.717) is 26.4 Å². The Labute approximate surface area is 138 Å². The highest BCUT2D eigenvalue weighted by atomic mass is 16.5. The summed E-state index contributed by atoms with van der Waals surface area (Å²) < 4.78 is 10.5. The van der Waals surface area contributed by atoms with Gasteiger partial charge in [-0.2, -0.15) is 0 Å². The summed E-state index contributed by atoms with van der Waals surface area (Å²) in [5.41, 5.74) is 1.84. The molecule has 0 saturated carbocycles. The van der Waals surface area contributed by atoms with Gasteiger partial charge in [-0.25, -0.2) is 0 Å². The van der Waals surface area contributed by atoms with Crippen LogP contribution < -0.4 is 10.6 Å². The molecule has 1 fully saturated rings. The van der Waals surface area contributed by atoms with Gasteiger partial charge < -0.3 is 20.1 Å². The Balaban J connectivity index is 2.01. The summed E-state index contributed by atoms with van der Waals surface area (Å²) in [6, 6.07) is 8.19. The maximum absolute atomic E-state index is 12.9. The molecule has 0 bridgehead atoms. The number of hydrogen-bond donors (Lipinski definition) is 2. The molecule has 1 aromatic carbocycles. The molecule has 2 rings (SSSR count). The second-order valence-corrected chi connectivity index (χ2v) is 6.01. The van der Waals surface area contributed by atoms with Gasteiger partial charge in [-0.15, -0.1) is 0 Å². The van der Waals surface area contributed by atoms with Crippen molar-refractivity contribution in [3.8, 4) is 0 Å².